The summed E-state index contributed by atoms with van der Waals surface area (Å²) < 4.78 is 19.0. The van der Waals surface area contributed by atoms with Gasteiger partial charge in [0, 0.05) is 12.1 Å². The van der Waals surface area contributed by atoms with Crippen molar-refractivity contribution in [2.45, 2.75) is 13.5 Å². The zero-order valence-corrected chi connectivity index (χ0v) is 11.6. The molecule has 0 aromatic heterocycles. The van der Waals surface area contributed by atoms with Crippen molar-refractivity contribution in [3.05, 3.63) is 58.4 Å². The van der Waals surface area contributed by atoms with Crippen LogP contribution in [0.15, 0.2) is 36.4 Å². The van der Waals surface area contributed by atoms with Gasteiger partial charge in [0.05, 0.1) is 17.8 Å². The third-order valence-electron chi connectivity index (χ3n) is 2.86. The van der Waals surface area contributed by atoms with Gasteiger partial charge in [-0.15, -0.1) is 0 Å². The van der Waals surface area contributed by atoms with Gasteiger partial charge in [-0.25, -0.2) is 4.39 Å². The standard InChI is InChI=1S/C15H15ClFNO/c1-10-6-7-14(19-2)11(8-10)9-18-13-5-3-4-12(16)15(13)17/h3-8,18H,9H2,1-2H3. The number of nitrogens with one attached hydrogen (secondary N) is 1. The molecule has 0 saturated heterocycles. The topological polar surface area (TPSA) is 21.3 Å². The first-order chi connectivity index (χ1) is 9.11. The van der Waals surface area contributed by atoms with Crippen molar-refractivity contribution >= 4 is 17.3 Å². The first kappa shape index (κ1) is 13.7. The highest BCUT2D eigenvalue weighted by atomic mass is 35.5. The number of rotatable bonds is 4. The van der Waals surface area contributed by atoms with Gasteiger partial charge in [0.2, 0.25) is 0 Å². The monoisotopic (exact) mass is 279 g/mol. The second-order valence-electron chi connectivity index (χ2n) is 4.27. The molecule has 0 amide bonds. The molecule has 0 aliphatic carbocycles. The lowest BCUT2D eigenvalue weighted by Crippen LogP contribution is -2.03. The van der Waals surface area contributed by atoms with Gasteiger partial charge < -0.3 is 10.1 Å². The fraction of sp³-hybridized carbons (Fsp3) is 0.200. The summed E-state index contributed by atoms with van der Waals surface area (Å²) in [6, 6.07) is 10.8. The van der Waals surface area contributed by atoms with E-state index in [1.54, 1.807) is 19.2 Å². The first-order valence-electron chi connectivity index (χ1n) is 5.93. The maximum atomic E-state index is 13.7. The lowest BCUT2D eigenvalue weighted by Gasteiger charge is -2.12. The second-order valence-corrected chi connectivity index (χ2v) is 4.68. The summed E-state index contributed by atoms with van der Waals surface area (Å²) in [5.74, 6) is 0.344. The van der Waals surface area contributed by atoms with Crippen LogP contribution in [0.4, 0.5) is 10.1 Å². The van der Waals surface area contributed by atoms with Crippen molar-refractivity contribution in [3.63, 3.8) is 0 Å². The van der Waals surface area contributed by atoms with Gasteiger partial charge in [-0.1, -0.05) is 35.4 Å². The van der Waals surface area contributed by atoms with Crippen LogP contribution in [0.5, 0.6) is 5.75 Å². The Kier molecular flexibility index (Phi) is 4.27. The Morgan fingerprint density at radius 1 is 1.26 bits per heavy atom. The van der Waals surface area contributed by atoms with Crippen molar-refractivity contribution < 1.29 is 9.13 Å². The largest absolute Gasteiger partial charge is 0.496 e. The zero-order chi connectivity index (χ0) is 13.8. The van der Waals surface area contributed by atoms with Crippen LogP contribution in [-0.2, 0) is 6.54 Å². The van der Waals surface area contributed by atoms with Gasteiger partial charge in [-0.2, -0.15) is 0 Å². The average Bonchev–Trinajstić information content (AvgIpc) is 2.40. The molecule has 0 atom stereocenters. The predicted molar refractivity (Wildman–Crippen MR) is 76.5 cm³/mol. The van der Waals surface area contributed by atoms with Crippen LogP contribution in [0.25, 0.3) is 0 Å². The van der Waals surface area contributed by atoms with E-state index in [2.05, 4.69) is 5.32 Å². The van der Waals surface area contributed by atoms with Crippen LogP contribution < -0.4 is 10.1 Å². The quantitative estimate of drug-likeness (QED) is 0.895. The van der Waals surface area contributed by atoms with E-state index in [4.69, 9.17) is 16.3 Å². The van der Waals surface area contributed by atoms with Crippen molar-refractivity contribution in [2.75, 3.05) is 12.4 Å². The van der Waals surface area contributed by atoms with Gasteiger partial charge in [-0.05, 0) is 25.1 Å². The minimum Gasteiger partial charge on any atom is -0.496 e. The molecule has 2 rings (SSSR count). The Balaban J connectivity index is 2.18. The third-order valence-corrected chi connectivity index (χ3v) is 3.15. The van der Waals surface area contributed by atoms with Crippen LogP contribution in [0.1, 0.15) is 11.1 Å². The van der Waals surface area contributed by atoms with Crippen LogP contribution in [0.2, 0.25) is 5.02 Å². The third kappa shape index (κ3) is 3.18. The summed E-state index contributed by atoms with van der Waals surface area (Å²) in [5.41, 5.74) is 2.49. The van der Waals surface area contributed by atoms with Gasteiger partial charge in [0.25, 0.3) is 0 Å². The molecule has 0 saturated carbocycles. The van der Waals surface area contributed by atoms with Crippen molar-refractivity contribution in [2.24, 2.45) is 0 Å². The molecule has 19 heavy (non-hydrogen) atoms. The highest BCUT2D eigenvalue weighted by Crippen LogP contribution is 2.25. The number of halogens is 2. The molecule has 0 bridgehead atoms. The zero-order valence-electron chi connectivity index (χ0n) is 10.8. The number of benzene rings is 2. The van der Waals surface area contributed by atoms with E-state index in [0.717, 1.165) is 16.9 Å². The molecule has 1 N–H and O–H groups in total. The molecule has 0 aliphatic heterocycles. The molecule has 0 radical (unpaired) electrons. The number of hydrogen-bond acceptors (Lipinski definition) is 2. The van der Waals surface area contributed by atoms with E-state index in [1.165, 1.54) is 6.07 Å². The van der Waals surface area contributed by atoms with E-state index in [1.807, 2.05) is 25.1 Å². The van der Waals surface area contributed by atoms with Crippen molar-refractivity contribution in [1.29, 1.82) is 0 Å². The normalized spacial score (nSPS) is 10.3. The highest BCUT2D eigenvalue weighted by Gasteiger charge is 2.07. The van der Waals surface area contributed by atoms with Gasteiger partial charge in [0.15, 0.2) is 5.82 Å². The molecular weight excluding hydrogens is 265 g/mol. The molecule has 0 heterocycles. The maximum Gasteiger partial charge on any atom is 0.164 e. The highest BCUT2D eigenvalue weighted by molar-refractivity contribution is 6.31. The molecule has 0 spiro atoms. The van der Waals surface area contributed by atoms with Crippen LogP contribution in [-0.4, -0.2) is 7.11 Å². The maximum absolute atomic E-state index is 13.7. The Labute approximate surface area is 117 Å². The van der Waals surface area contributed by atoms with Crippen molar-refractivity contribution in [3.8, 4) is 5.75 Å². The number of methoxy groups -OCH3 is 1. The van der Waals surface area contributed by atoms with E-state index in [9.17, 15) is 4.39 Å². The molecule has 0 unspecified atom stereocenters. The molecule has 2 aromatic rings. The van der Waals surface area contributed by atoms with Crippen LogP contribution >= 0.6 is 11.6 Å². The Hall–Kier alpha value is -1.74. The lowest BCUT2D eigenvalue weighted by molar-refractivity contribution is 0.410. The minimum absolute atomic E-state index is 0.112. The van der Waals surface area contributed by atoms with Crippen LogP contribution in [0.3, 0.4) is 0 Å². The predicted octanol–water partition coefficient (Wildman–Crippen LogP) is 4.41. The Morgan fingerprint density at radius 3 is 2.79 bits per heavy atom. The minimum atomic E-state index is -0.434. The Morgan fingerprint density at radius 2 is 2.05 bits per heavy atom. The number of ether oxygens (including phenoxy) is 1. The molecule has 0 fully saturated rings. The van der Waals surface area contributed by atoms with Gasteiger partial charge in [-0.3, -0.25) is 0 Å². The van der Waals surface area contributed by atoms with Gasteiger partial charge in [0.1, 0.15) is 5.75 Å². The molecule has 4 heteroatoms. The number of hydrogen-bond donors (Lipinski definition) is 1. The average molecular weight is 280 g/mol. The van der Waals surface area contributed by atoms with E-state index in [0.29, 0.717) is 12.2 Å². The van der Waals surface area contributed by atoms with E-state index < -0.39 is 5.82 Å². The van der Waals surface area contributed by atoms with Crippen LogP contribution in [0, 0.1) is 12.7 Å². The smallest absolute Gasteiger partial charge is 0.164 e. The second kappa shape index (κ2) is 5.93. The van der Waals surface area contributed by atoms with Crippen molar-refractivity contribution in [1.82, 2.24) is 0 Å². The summed E-state index contributed by atoms with van der Waals surface area (Å²) in [4.78, 5) is 0. The fourth-order valence-corrected chi connectivity index (χ4v) is 2.05. The summed E-state index contributed by atoms with van der Waals surface area (Å²) in [6.07, 6.45) is 0. The number of anilines is 1. The lowest BCUT2D eigenvalue weighted by atomic mass is 10.1. The molecule has 100 valence electrons. The summed E-state index contributed by atoms with van der Waals surface area (Å²) in [7, 11) is 1.62. The number of aryl methyl sites for hydroxylation is 1. The Bertz CT molecular complexity index is 586. The summed E-state index contributed by atoms with van der Waals surface area (Å²) >= 11 is 5.74. The molecule has 2 aromatic carbocycles. The van der Waals surface area contributed by atoms with Gasteiger partial charge >= 0.3 is 0 Å². The van der Waals surface area contributed by atoms with E-state index in [-0.39, 0.29) is 5.02 Å². The van der Waals surface area contributed by atoms with E-state index >= 15 is 0 Å². The molecule has 2 nitrogen and oxygen atoms in total. The summed E-state index contributed by atoms with van der Waals surface area (Å²) in [5, 5.41) is 3.14. The SMILES string of the molecule is COc1ccc(C)cc1CNc1cccc(Cl)c1F. The summed E-state index contributed by atoms with van der Waals surface area (Å²) in [6.45, 7) is 2.48. The fourth-order valence-electron chi connectivity index (χ4n) is 1.88. The first-order valence-corrected chi connectivity index (χ1v) is 6.31. The molecular formula is C15H15ClFNO. The molecule has 0 aliphatic rings.